The Labute approximate surface area is 204 Å². The van der Waals surface area contributed by atoms with E-state index in [1.54, 1.807) is 48.5 Å². The number of hydrogen-bond donors (Lipinski definition) is 3. The van der Waals surface area contributed by atoms with Crippen LogP contribution in [0.5, 0.6) is 0 Å². The monoisotopic (exact) mass is 477 g/mol. The average Bonchev–Trinajstić information content (AvgIpc) is 2.86. The Bertz CT molecular complexity index is 1110. The standard InChI is InChI=1S/C27H28ClN3O3/c28-21-10-12-22(13-11-21)29-27(34)23-8-4-5-9-24(23)30-25(32)18-31-16-14-20(15-17-31)26(33)19-6-2-1-3-7-19/h1-13,20,26,33H,14-18H2,(H,29,34)(H,30,32). The second-order valence-corrected chi connectivity index (χ2v) is 8.96. The molecule has 176 valence electrons. The van der Waals surface area contributed by atoms with Crippen molar-refractivity contribution < 1.29 is 14.7 Å². The summed E-state index contributed by atoms with van der Waals surface area (Å²) in [5.41, 5.74) is 2.41. The molecule has 2 amide bonds. The number of amides is 2. The van der Waals surface area contributed by atoms with Gasteiger partial charge in [0.25, 0.3) is 5.91 Å². The Kier molecular flexibility index (Phi) is 7.95. The average molecular weight is 478 g/mol. The predicted octanol–water partition coefficient (Wildman–Crippen LogP) is 4.98. The fourth-order valence-electron chi connectivity index (χ4n) is 4.26. The largest absolute Gasteiger partial charge is 0.388 e. The Balaban J connectivity index is 1.31. The number of halogens is 1. The molecule has 0 saturated carbocycles. The molecule has 0 aromatic heterocycles. The lowest BCUT2D eigenvalue weighted by Crippen LogP contribution is -2.40. The molecule has 0 aliphatic carbocycles. The molecule has 0 radical (unpaired) electrons. The van der Waals surface area contributed by atoms with Crippen LogP contribution in [-0.2, 0) is 4.79 Å². The summed E-state index contributed by atoms with van der Waals surface area (Å²) < 4.78 is 0. The van der Waals surface area contributed by atoms with E-state index < -0.39 is 6.10 Å². The normalized spacial score (nSPS) is 15.5. The fraction of sp³-hybridized carbons (Fsp3) is 0.259. The second-order valence-electron chi connectivity index (χ2n) is 8.52. The van der Waals surface area contributed by atoms with Crippen molar-refractivity contribution in [1.82, 2.24) is 4.90 Å². The Morgan fingerprint density at radius 3 is 2.26 bits per heavy atom. The van der Waals surface area contributed by atoms with Gasteiger partial charge in [-0.2, -0.15) is 0 Å². The Morgan fingerprint density at radius 2 is 1.56 bits per heavy atom. The third-order valence-corrected chi connectivity index (χ3v) is 6.39. The Hall–Kier alpha value is -3.19. The van der Waals surface area contributed by atoms with Gasteiger partial charge < -0.3 is 15.7 Å². The maximum Gasteiger partial charge on any atom is 0.257 e. The smallest absolute Gasteiger partial charge is 0.257 e. The molecule has 3 N–H and O–H groups in total. The zero-order valence-electron chi connectivity index (χ0n) is 18.8. The van der Waals surface area contributed by atoms with Crippen LogP contribution in [0.15, 0.2) is 78.9 Å². The lowest BCUT2D eigenvalue weighted by atomic mass is 9.87. The number of carbonyl (C=O) groups is 2. The third-order valence-electron chi connectivity index (χ3n) is 6.13. The van der Waals surface area contributed by atoms with Crippen LogP contribution in [0.3, 0.4) is 0 Å². The van der Waals surface area contributed by atoms with E-state index in [1.807, 2.05) is 30.3 Å². The van der Waals surface area contributed by atoms with Gasteiger partial charge in [0.05, 0.1) is 23.9 Å². The predicted molar refractivity (Wildman–Crippen MR) is 135 cm³/mol. The SMILES string of the molecule is O=C(CN1CCC(C(O)c2ccccc2)CC1)Nc1ccccc1C(=O)Nc1ccc(Cl)cc1. The number of hydrogen-bond acceptors (Lipinski definition) is 4. The summed E-state index contributed by atoms with van der Waals surface area (Å²) in [5.74, 6) is -0.304. The molecule has 1 fully saturated rings. The molecular weight excluding hydrogens is 450 g/mol. The van der Waals surface area contributed by atoms with E-state index in [0.29, 0.717) is 22.0 Å². The van der Waals surface area contributed by atoms with Crippen molar-refractivity contribution >= 4 is 34.8 Å². The number of likely N-dealkylation sites (tertiary alicyclic amines) is 1. The van der Waals surface area contributed by atoms with Gasteiger partial charge in [-0.3, -0.25) is 14.5 Å². The van der Waals surface area contributed by atoms with Crippen LogP contribution in [-0.4, -0.2) is 41.5 Å². The molecule has 3 aromatic rings. The first-order valence-electron chi connectivity index (χ1n) is 11.4. The minimum absolute atomic E-state index is 0.172. The molecule has 7 heteroatoms. The van der Waals surface area contributed by atoms with E-state index in [2.05, 4.69) is 15.5 Å². The minimum Gasteiger partial charge on any atom is -0.388 e. The lowest BCUT2D eigenvalue weighted by Gasteiger charge is -2.34. The summed E-state index contributed by atoms with van der Waals surface area (Å²) in [6.07, 6.45) is 1.16. The highest BCUT2D eigenvalue weighted by atomic mass is 35.5. The van der Waals surface area contributed by atoms with E-state index in [1.165, 1.54) is 0 Å². The maximum atomic E-state index is 12.8. The number of rotatable bonds is 7. The summed E-state index contributed by atoms with van der Waals surface area (Å²) in [7, 11) is 0. The summed E-state index contributed by atoms with van der Waals surface area (Å²) in [6.45, 7) is 1.71. The topological polar surface area (TPSA) is 81.7 Å². The van der Waals surface area contributed by atoms with Gasteiger partial charge in [0, 0.05) is 10.7 Å². The number of anilines is 2. The van der Waals surface area contributed by atoms with Gasteiger partial charge in [-0.25, -0.2) is 0 Å². The molecule has 1 atom stereocenters. The van der Waals surface area contributed by atoms with Crippen molar-refractivity contribution in [3.63, 3.8) is 0 Å². The molecule has 0 bridgehead atoms. The van der Waals surface area contributed by atoms with Gasteiger partial charge in [0.2, 0.25) is 5.91 Å². The van der Waals surface area contributed by atoms with Crippen LogP contribution in [0.2, 0.25) is 5.02 Å². The van der Waals surface area contributed by atoms with E-state index in [4.69, 9.17) is 11.6 Å². The van der Waals surface area contributed by atoms with Gasteiger partial charge in [0.15, 0.2) is 0 Å². The first-order chi connectivity index (χ1) is 16.5. The fourth-order valence-corrected chi connectivity index (χ4v) is 4.39. The third kappa shape index (κ3) is 6.23. The highest BCUT2D eigenvalue weighted by Crippen LogP contribution is 2.30. The Morgan fingerprint density at radius 1 is 0.912 bits per heavy atom. The van der Waals surface area contributed by atoms with Crippen molar-refractivity contribution in [2.24, 2.45) is 5.92 Å². The van der Waals surface area contributed by atoms with Crippen LogP contribution < -0.4 is 10.6 Å². The molecule has 1 heterocycles. The maximum absolute atomic E-state index is 12.8. The molecular formula is C27H28ClN3O3. The van der Waals surface area contributed by atoms with Gasteiger partial charge >= 0.3 is 0 Å². The zero-order chi connectivity index (χ0) is 23.9. The van der Waals surface area contributed by atoms with Crippen molar-refractivity contribution in [2.75, 3.05) is 30.3 Å². The van der Waals surface area contributed by atoms with Crippen molar-refractivity contribution in [3.05, 3.63) is 95.0 Å². The van der Waals surface area contributed by atoms with Crippen LogP contribution >= 0.6 is 11.6 Å². The number of para-hydroxylation sites is 1. The molecule has 1 unspecified atom stereocenters. The van der Waals surface area contributed by atoms with Gasteiger partial charge in [0.1, 0.15) is 0 Å². The summed E-state index contributed by atoms with van der Waals surface area (Å²) in [5, 5.41) is 17.0. The van der Waals surface area contributed by atoms with E-state index in [0.717, 1.165) is 31.5 Å². The first-order valence-corrected chi connectivity index (χ1v) is 11.8. The van der Waals surface area contributed by atoms with Crippen LogP contribution in [0.25, 0.3) is 0 Å². The first kappa shape index (κ1) is 24.0. The molecule has 6 nitrogen and oxygen atoms in total. The van der Waals surface area contributed by atoms with E-state index in [-0.39, 0.29) is 24.3 Å². The van der Waals surface area contributed by atoms with Gasteiger partial charge in [-0.15, -0.1) is 0 Å². The van der Waals surface area contributed by atoms with Gasteiger partial charge in [-0.1, -0.05) is 54.1 Å². The van der Waals surface area contributed by atoms with Crippen molar-refractivity contribution in [1.29, 1.82) is 0 Å². The quantitative estimate of drug-likeness (QED) is 0.448. The highest BCUT2D eigenvalue weighted by molar-refractivity contribution is 6.30. The number of aliphatic hydroxyl groups is 1. The minimum atomic E-state index is -0.483. The summed E-state index contributed by atoms with van der Waals surface area (Å²) >= 11 is 5.90. The van der Waals surface area contributed by atoms with E-state index in [9.17, 15) is 14.7 Å². The number of benzene rings is 3. The highest BCUT2D eigenvalue weighted by Gasteiger charge is 2.27. The number of carbonyl (C=O) groups excluding carboxylic acids is 2. The number of piperidine rings is 1. The zero-order valence-corrected chi connectivity index (χ0v) is 19.5. The van der Waals surface area contributed by atoms with Crippen LogP contribution in [0.4, 0.5) is 11.4 Å². The molecule has 0 spiro atoms. The van der Waals surface area contributed by atoms with Gasteiger partial charge in [-0.05, 0) is 73.8 Å². The summed E-state index contributed by atoms with van der Waals surface area (Å²) in [4.78, 5) is 27.6. The molecule has 1 aliphatic rings. The molecule has 4 rings (SSSR count). The van der Waals surface area contributed by atoms with Crippen molar-refractivity contribution in [2.45, 2.75) is 18.9 Å². The second kappa shape index (κ2) is 11.3. The number of nitrogens with one attached hydrogen (secondary N) is 2. The van der Waals surface area contributed by atoms with Crippen LogP contribution in [0, 0.1) is 5.92 Å². The number of nitrogens with zero attached hydrogens (tertiary/aromatic N) is 1. The summed E-state index contributed by atoms with van der Waals surface area (Å²) in [6, 6.07) is 23.5. The number of aliphatic hydroxyl groups excluding tert-OH is 1. The molecule has 1 aliphatic heterocycles. The van der Waals surface area contributed by atoms with E-state index >= 15 is 0 Å². The van der Waals surface area contributed by atoms with Crippen LogP contribution in [0.1, 0.15) is 34.9 Å². The lowest BCUT2D eigenvalue weighted by molar-refractivity contribution is -0.117. The molecule has 1 saturated heterocycles. The molecule has 34 heavy (non-hydrogen) atoms. The van der Waals surface area contributed by atoms with Crippen molar-refractivity contribution in [3.8, 4) is 0 Å². The molecule has 3 aromatic carbocycles.